The second kappa shape index (κ2) is 5.78. The van der Waals surface area contributed by atoms with Crippen LogP contribution in [-0.4, -0.2) is 39.7 Å². The molecule has 9 heteroatoms. The standard InChI is InChI=1S/C12H18ClN5O2S/c1-5-18-6-10(13)11(16-18)7-17(4)21(19,20)12-8(2)14-15-9(12)3/h6H,5,7H2,1-4H3,(H,14,15). The van der Waals surface area contributed by atoms with Crippen LogP contribution < -0.4 is 0 Å². The smallest absolute Gasteiger partial charge is 0.246 e. The molecule has 0 aromatic carbocycles. The van der Waals surface area contributed by atoms with Crippen LogP contribution in [0, 0.1) is 13.8 Å². The largest absolute Gasteiger partial charge is 0.281 e. The molecule has 0 fully saturated rings. The van der Waals surface area contributed by atoms with Gasteiger partial charge in [-0.25, -0.2) is 8.42 Å². The van der Waals surface area contributed by atoms with Crippen LogP contribution in [0.15, 0.2) is 11.1 Å². The van der Waals surface area contributed by atoms with Gasteiger partial charge in [0.1, 0.15) is 4.90 Å². The fourth-order valence-corrected chi connectivity index (χ4v) is 3.74. The highest BCUT2D eigenvalue weighted by Gasteiger charge is 2.28. The lowest BCUT2D eigenvalue weighted by Crippen LogP contribution is -2.27. The molecule has 2 aromatic heterocycles. The summed E-state index contributed by atoms with van der Waals surface area (Å²) < 4.78 is 28.1. The zero-order chi connectivity index (χ0) is 15.8. The monoisotopic (exact) mass is 331 g/mol. The Bertz CT molecular complexity index is 730. The molecular weight excluding hydrogens is 314 g/mol. The summed E-state index contributed by atoms with van der Waals surface area (Å²) in [5, 5.41) is 11.3. The highest BCUT2D eigenvalue weighted by molar-refractivity contribution is 7.89. The van der Waals surface area contributed by atoms with Crippen molar-refractivity contribution in [3.63, 3.8) is 0 Å². The van der Waals surface area contributed by atoms with Crippen molar-refractivity contribution in [2.75, 3.05) is 7.05 Å². The van der Waals surface area contributed by atoms with Crippen molar-refractivity contribution in [3.05, 3.63) is 28.3 Å². The van der Waals surface area contributed by atoms with Crippen molar-refractivity contribution in [2.24, 2.45) is 0 Å². The van der Waals surface area contributed by atoms with E-state index >= 15 is 0 Å². The molecule has 2 heterocycles. The number of aryl methyl sites for hydroxylation is 3. The van der Waals surface area contributed by atoms with E-state index in [1.54, 1.807) is 24.7 Å². The Labute approximate surface area is 129 Å². The highest BCUT2D eigenvalue weighted by atomic mass is 35.5. The third-order valence-electron chi connectivity index (χ3n) is 3.21. The minimum Gasteiger partial charge on any atom is -0.281 e. The van der Waals surface area contributed by atoms with Crippen molar-refractivity contribution >= 4 is 21.6 Å². The fraction of sp³-hybridized carbons (Fsp3) is 0.500. The first-order chi connectivity index (χ1) is 9.77. The number of nitrogens with one attached hydrogen (secondary N) is 1. The molecule has 1 N–H and O–H groups in total. The van der Waals surface area contributed by atoms with Gasteiger partial charge in [-0.05, 0) is 20.8 Å². The van der Waals surface area contributed by atoms with Crippen molar-refractivity contribution in [1.29, 1.82) is 0 Å². The summed E-state index contributed by atoms with van der Waals surface area (Å²) in [5.41, 5.74) is 1.50. The van der Waals surface area contributed by atoms with Crippen LogP contribution in [0.25, 0.3) is 0 Å². The number of halogens is 1. The van der Waals surface area contributed by atoms with E-state index in [-0.39, 0.29) is 11.4 Å². The van der Waals surface area contributed by atoms with Crippen molar-refractivity contribution in [2.45, 2.75) is 38.8 Å². The van der Waals surface area contributed by atoms with E-state index in [1.807, 2.05) is 6.92 Å². The number of aromatic amines is 1. The zero-order valence-corrected chi connectivity index (χ0v) is 14.0. The third kappa shape index (κ3) is 2.97. The van der Waals surface area contributed by atoms with Crippen LogP contribution >= 0.6 is 11.6 Å². The molecular formula is C12H18ClN5O2S. The van der Waals surface area contributed by atoms with Crippen molar-refractivity contribution in [3.8, 4) is 0 Å². The normalized spacial score (nSPS) is 12.3. The van der Waals surface area contributed by atoms with Crippen LogP contribution in [0.1, 0.15) is 24.0 Å². The van der Waals surface area contributed by atoms with E-state index in [4.69, 9.17) is 11.6 Å². The van der Waals surface area contributed by atoms with Crippen LogP contribution in [0.3, 0.4) is 0 Å². The molecule has 0 bridgehead atoms. The van der Waals surface area contributed by atoms with Gasteiger partial charge in [-0.15, -0.1) is 0 Å². The van der Waals surface area contributed by atoms with Crippen LogP contribution in [-0.2, 0) is 23.1 Å². The second-order valence-corrected chi connectivity index (χ2v) is 7.19. The Morgan fingerprint density at radius 2 is 2.10 bits per heavy atom. The van der Waals surface area contributed by atoms with E-state index in [2.05, 4.69) is 15.3 Å². The van der Waals surface area contributed by atoms with Gasteiger partial charge in [0.05, 0.1) is 28.6 Å². The van der Waals surface area contributed by atoms with Crippen molar-refractivity contribution < 1.29 is 8.42 Å². The summed E-state index contributed by atoms with van der Waals surface area (Å²) in [4.78, 5) is 0.205. The highest BCUT2D eigenvalue weighted by Crippen LogP contribution is 2.23. The maximum absolute atomic E-state index is 12.6. The molecule has 7 nitrogen and oxygen atoms in total. The lowest BCUT2D eigenvalue weighted by atomic mass is 10.4. The van der Waals surface area contributed by atoms with Gasteiger partial charge in [0.25, 0.3) is 0 Å². The van der Waals surface area contributed by atoms with Gasteiger partial charge in [-0.3, -0.25) is 9.78 Å². The number of H-pyrrole nitrogens is 1. The molecule has 0 aliphatic carbocycles. The summed E-state index contributed by atoms with van der Waals surface area (Å²) in [5.74, 6) is 0. The number of sulfonamides is 1. The summed E-state index contributed by atoms with van der Waals surface area (Å²) in [6.45, 7) is 6.06. The Balaban J connectivity index is 2.31. The topological polar surface area (TPSA) is 83.9 Å². The summed E-state index contributed by atoms with van der Waals surface area (Å²) in [7, 11) is -2.14. The van der Waals surface area contributed by atoms with E-state index in [0.29, 0.717) is 28.6 Å². The molecule has 0 amide bonds. The molecule has 21 heavy (non-hydrogen) atoms. The van der Waals surface area contributed by atoms with Gasteiger partial charge in [-0.2, -0.15) is 14.5 Å². The van der Waals surface area contributed by atoms with Crippen LogP contribution in [0.4, 0.5) is 0 Å². The molecule has 2 rings (SSSR count). The molecule has 0 saturated heterocycles. The number of hydrogen-bond donors (Lipinski definition) is 1. The second-order valence-electron chi connectivity index (χ2n) is 4.80. The Morgan fingerprint density at radius 1 is 1.43 bits per heavy atom. The minimum absolute atomic E-state index is 0.109. The molecule has 0 radical (unpaired) electrons. The van der Waals surface area contributed by atoms with Gasteiger partial charge < -0.3 is 0 Å². The fourth-order valence-electron chi connectivity index (χ4n) is 2.08. The van der Waals surface area contributed by atoms with Gasteiger partial charge >= 0.3 is 0 Å². The maximum Gasteiger partial charge on any atom is 0.246 e. The summed E-state index contributed by atoms with van der Waals surface area (Å²) in [6.07, 6.45) is 1.69. The molecule has 0 aliphatic heterocycles. The van der Waals surface area contributed by atoms with E-state index in [1.165, 1.54) is 11.4 Å². The summed E-state index contributed by atoms with van der Waals surface area (Å²) >= 11 is 6.08. The predicted molar refractivity (Wildman–Crippen MR) is 79.6 cm³/mol. The molecule has 2 aromatic rings. The zero-order valence-electron chi connectivity index (χ0n) is 12.4. The molecule has 0 atom stereocenters. The SMILES string of the molecule is CCn1cc(Cl)c(CN(C)S(=O)(=O)c2c(C)n[nH]c2C)n1. The molecule has 0 saturated carbocycles. The van der Waals surface area contributed by atoms with Gasteiger partial charge in [-0.1, -0.05) is 11.6 Å². The minimum atomic E-state index is -3.64. The Kier molecular flexibility index (Phi) is 4.40. The number of nitrogens with zero attached hydrogens (tertiary/aromatic N) is 4. The summed E-state index contributed by atoms with van der Waals surface area (Å²) in [6, 6.07) is 0. The first kappa shape index (κ1) is 16.0. The van der Waals surface area contributed by atoms with Crippen LogP contribution in [0.2, 0.25) is 5.02 Å². The number of hydrogen-bond acceptors (Lipinski definition) is 4. The molecule has 0 unspecified atom stereocenters. The van der Waals surface area contributed by atoms with E-state index in [9.17, 15) is 8.42 Å². The number of rotatable bonds is 5. The molecule has 0 spiro atoms. The quantitative estimate of drug-likeness (QED) is 0.904. The Hall–Kier alpha value is -1.38. The molecule has 0 aliphatic rings. The Morgan fingerprint density at radius 3 is 2.57 bits per heavy atom. The predicted octanol–water partition coefficient (Wildman–Crippen LogP) is 1.72. The molecule has 116 valence electrons. The first-order valence-corrected chi connectivity index (χ1v) is 8.29. The average molecular weight is 332 g/mol. The lowest BCUT2D eigenvalue weighted by Gasteiger charge is -2.16. The van der Waals surface area contributed by atoms with E-state index < -0.39 is 10.0 Å². The van der Waals surface area contributed by atoms with Gasteiger partial charge in [0.2, 0.25) is 10.0 Å². The van der Waals surface area contributed by atoms with Crippen molar-refractivity contribution in [1.82, 2.24) is 24.3 Å². The third-order valence-corrected chi connectivity index (χ3v) is 5.60. The lowest BCUT2D eigenvalue weighted by molar-refractivity contribution is 0.457. The van der Waals surface area contributed by atoms with Crippen LogP contribution in [0.5, 0.6) is 0 Å². The average Bonchev–Trinajstić information content (AvgIpc) is 2.93. The number of aromatic nitrogens is 4. The maximum atomic E-state index is 12.6. The van der Waals surface area contributed by atoms with E-state index in [0.717, 1.165) is 0 Å². The van der Waals surface area contributed by atoms with Gasteiger partial charge in [0, 0.05) is 19.8 Å². The first-order valence-electron chi connectivity index (χ1n) is 6.47. The van der Waals surface area contributed by atoms with Gasteiger partial charge in [0.15, 0.2) is 0 Å².